The zero-order valence-electron chi connectivity index (χ0n) is 12.7. The molecule has 1 aromatic heterocycles. The van der Waals surface area contributed by atoms with Crippen LogP contribution in [-0.4, -0.2) is 55.3 Å². The number of anilines is 1. The molecule has 4 nitrogen and oxygen atoms in total. The fourth-order valence-electron chi connectivity index (χ4n) is 3.02. The van der Waals surface area contributed by atoms with Gasteiger partial charge in [-0.15, -0.1) is 6.42 Å². The van der Waals surface area contributed by atoms with Crippen molar-refractivity contribution < 1.29 is 4.74 Å². The van der Waals surface area contributed by atoms with E-state index in [9.17, 15) is 0 Å². The van der Waals surface area contributed by atoms with Crippen molar-refractivity contribution in [1.29, 1.82) is 0 Å². The Morgan fingerprint density at radius 1 is 1.33 bits per heavy atom. The van der Waals surface area contributed by atoms with Crippen LogP contribution >= 0.6 is 0 Å². The quantitative estimate of drug-likeness (QED) is 0.789. The lowest BCUT2D eigenvalue weighted by molar-refractivity contribution is -0.0659. The molecule has 0 aliphatic carbocycles. The molecule has 0 saturated carbocycles. The van der Waals surface area contributed by atoms with E-state index >= 15 is 0 Å². The maximum atomic E-state index is 5.40. The molecular weight excluding hydrogens is 262 g/mol. The number of nitrogens with zero attached hydrogens (tertiary/aromatic N) is 3. The molecule has 2 fully saturated rings. The first-order chi connectivity index (χ1) is 10.3. The number of ether oxygens (including phenoxy) is 1. The van der Waals surface area contributed by atoms with E-state index in [-0.39, 0.29) is 0 Å². The maximum Gasteiger partial charge on any atom is 0.128 e. The van der Waals surface area contributed by atoms with Gasteiger partial charge in [-0.2, -0.15) is 0 Å². The van der Waals surface area contributed by atoms with Crippen LogP contribution in [-0.2, 0) is 4.74 Å². The smallest absolute Gasteiger partial charge is 0.128 e. The van der Waals surface area contributed by atoms with Crippen molar-refractivity contribution in [3.05, 3.63) is 23.9 Å². The largest absolute Gasteiger partial charge is 0.378 e. The fraction of sp³-hybridized carbons (Fsp3) is 0.588. The first-order valence-corrected chi connectivity index (χ1v) is 7.79. The molecule has 4 heteroatoms. The van der Waals surface area contributed by atoms with Crippen LogP contribution in [0.4, 0.5) is 5.82 Å². The minimum Gasteiger partial charge on any atom is -0.378 e. The highest BCUT2D eigenvalue weighted by Crippen LogP contribution is 2.21. The van der Waals surface area contributed by atoms with E-state index in [1.54, 1.807) is 6.20 Å². The average molecular weight is 285 g/mol. The summed E-state index contributed by atoms with van der Waals surface area (Å²) in [6.45, 7) is 8.42. The molecule has 0 radical (unpaired) electrons. The lowest BCUT2D eigenvalue weighted by Crippen LogP contribution is -2.51. The number of hydrogen-bond donors (Lipinski definition) is 0. The molecule has 0 aromatic carbocycles. The highest BCUT2D eigenvalue weighted by molar-refractivity contribution is 5.43. The Kier molecular flexibility index (Phi) is 4.42. The summed E-state index contributed by atoms with van der Waals surface area (Å²) < 4.78 is 5.35. The summed E-state index contributed by atoms with van der Waals surface area (Å²) in [6.07, 6.45) is 8.39. The van der Waals surface area contributed by atoms with Gasteiger partial charge in [-0.1, -0.05) is 19.3 Å². The third-order valence-electron chi connectivity index (χ3n) is 4.58. The molecule has 0 N–H and O–H groups in total. The molecular formula is C17H23N3O. The summed E-state index contributed by atoms with van der Waals surface area (Å²) in [5.74, 6) is 4.35. The average Bonchev–Trinajstić information content (AvgIpc) is 2.68. The first kappa shape index (κ1) is 14.4. The van der Waals surface area contributed by atoms with E-state index in [4.69, 9.17) is 11.2 Å². The molecule has 2 aliphatic heterocycles. The van der Waals surface area contributed by atoms with Gasteiger partial charge < -0.3 is 9.64 Å². The van der Waals surface area contributed by atoms with Crippen molar-refractivity contribution in [3.63, 3.8) is 0 Å². The van der Waals surface area contributed by atoms with Gasteiger partial charge in [0.2, 0.25) is 0 Å². The highest BCUT2D eigenvalue weighted by Gasteiger charge is 2.30. The van der Waals surface area contributed by atoms with Crippen molar-refractivity contribution >= 4 is 5.82 Å². The molecule has 0 bridgehead atoms. The van der Waals surface area contributed by atoms with Crippen LogP contribution in [0.25, 0.3) is 0 Å². The van der Waals surface area contributed by atoms with E-state index in [1.807, 2.05) is 12.1 Å². The van der Waals surface area contributed by atoms with Crippen molar-refractivity contribution in [2.45, 2.75) is 19.4 Å². The van der Waals surface area contributed by atoms with Gasteiger partial charge >= 0.3 is 0 Å². The Labute approximate surface area is 127 Å². The number of hydrogen-bond acceptors (Lipinski definition) is 4. The molecule has 112 valence electrons. The van der Waals surface area contributed by atoms with Gasteiger partial charge in [0.05, 0.1) is 19.3 Å². The topological polar surface area (TPSA) is 28.6 Å². The molecule has 21 heavy (non-hydrogen) atoms. The summed E-state index contributed by atoms with van der Waals surface area (Å²) in [4.78, 5) is 9.52. The van der Waals surface area contributed by atoms with Crippen molar-refractivity contribution in [3.8, 4) is 12.3 Å². The van der Waals surface area contributed by atoms with Gasteiger partial charge in [0, 0.05) is 37.9 Å². The highest BCUT2D eigenvalue weighted by atomic mass is 16.5. The van der Waals surface area contributed by atoms with Crippen molar-refractivity contribution in [2.24, 2.45) is 5.92 Å². The van der Waals surface area contributed by atoms with Gasteiger partial charge in [0.1, 0.15) is 5.82 Å². The zero-order valence-corrected chi connectivity index (χ0v) is 12.7. The maximum absolute atomic E-state index is 5.40. The van der Waals surface area contributed by atoms with Crippen molar-refractivity contribution in [2.75, 3.05) is 44.3 Å². The van der Waals surface area contributed by atoms with Gasteiger partial charge in [0.15, 0.2) is 0 Å². The predicted octanol–water partition coefficient (Wildman–Crippen LogP) is 1.61. The Hall–Kier alpha value is -1.57. The zero-order chi connectivity index (χ0) is 14.7. The van der Waals surface area contributed by atoms with E-state index < -0.39 is 0 Å². The summed E-state index contributed by atoms with van der Waals surface area (Å²) in [7, 11) is 0. The first-order valence-electron chi connectivity index (χ1n) is 7.79. The van der Waals surface area contributed by atoms with Gasteiger partial charge in [-0.05, 0) is 18.1 Å². The van der Waals surface area contributed by atoms with Crippen LogP contribution in [0, 0.1) is 18.3 Å². The third-order valence-corrected chi connectivity index (χ3v) is 4.58. The van der Waals surface area contributed by atoms with Crippen molar-refractivity contribution in [1.82, 2.24) is 9.88 Å². The second kappa shape index (κ2) is 6.46. The van der Waals surface area contributed by atoms with Crippen LogP contribution in [0.1, 0.15) is 18.9 Å². The van der Waals surface area contributed by atoms with E-state index in [0.717, 1.165) is 44.2 Å². The molecule has 3 heterocycles. The van der Waals surface area contributed by atoms with Gasteiger partial charge in [0.25, 0.3) is 0 Å². The minimum absolute atomic E-state index is 0.621. The number of pyridine rings is 1. The monoisotopic (exact) mass is 285 g/mol. The Morgan fingerprint density at radius 3 is 2.76 bits per heavy atom. The third kappa shape index (κ3) is 3.20. The minimum atomic E-state index is 0.621. The summed E-state index contributed by atoms with van der Waals surface area (Å²) in [6, 6.07) is 4.64. The molecule has 1 atom stereocenters. The second-order valence-electron chi connectivity index (χ2n) is 5.96. The van der Waals surface area contributed by atoms with Crippen LogP contribution in [0.15, 0.2) is 18.3 Å². The summed E-state index contributed by atoms with van der Waals surface area (Å²) in [5, 5.41) is 0. The fourth-order valence-corrected chi connectivity index (χ4v) is 3.02. The van der Waals surface area contributed by atoms with Crippen LogP contribution < -0.4 is 4.90 Å². The molecule has 0 amide bonds. The Bertz CT molecular complexity index is 504. The van der Waals surface area contributed by atoms with E-state index in [0.29, 0.717) is 12.0 Å². The number of aromatic nitrogens is 1. The molecule has 0 spiro atoms. The van der Waals surface area contributed by atoms with Gasteiger partial charge in [-0.25, -0.2) is 4.98 Å². The lowest BCUT2D eigenvalue weighted by atomic mass is 10.0. The Morgan fingerprint density at radius 2 is 2.19 bits per heavy atom. The number of terminal acetylenes is 1. The molecule has 2 aliphatic rings. The lowest BCUT2D eigenvalue weighted by Gasteiger charge is -2.37. The number of rotatable bonds is 3. The van der Waals surface area contributed by atoms with Crippen LogP contribution in [0.3, 0.4) is 0 Å². The SMILES string of the molecule is C#Cc1ccc(N2CCN(C3COC3)CC(CC)C2)nc1. The van der Waals surface area contributed by atoms with Crippen LogP contribution in [0.5, 0.6) is 0 Å². The molecule has 1 unspecified atom stereocenters. The predicted molar refractivity (Wildman–Crippen MR) is 84.3 cm³/mol. The normalized spacial score (nSPS) is 24.2. The van der Waals surface area contributed by atoms with E-state index in [2.05, 4.69) is 27.6 Å². The van der Waals surface area contributed by atoms with E-state index in [1.165, 1.54) is 13.0 Å². The molecule has 2 saturated heterocycles. The summed E-state index contributed by atoms with van der Waals surface area (Å²) in [5.41, 5.74) is 0.842. The molecule has 1 aromatic rings. The van der Waals surface area contributed by atoms with Gasteiger partial charge in [-0.3, -0.25) is 4.90 Å². The Balaban J connectivity index is 1.71. The summed E-state index contributed by atoms with van der Waals surface area (Å²) >= 11 is 0. The standard InChI is InChI=1S/C17H23N3O/c1-3-14-5-6-17(18-9-14)20-8-7-19(16-12-21-13-16)10-15(4-2)11-20/h1,5-6,9,15-16H,4,7-8,10-13H2,2H3. The molecule has 3 rings (SSSR count). The second-order valence-corrected chi connectivity index (χ2v) is 5.96. The van der Waals surface area contributed by atoms with Crippen LogP contribution in [0.2, 0.25) is 0 Å².